The molecule has 0 aliphatic carbocycles. The second kappa shape index (κ2) is 48.2. The predicted molar refractivity (Wildman–Crippen MR) is 247 cm³/mol. The number of hydrogen-bond donors (Lipinski definition) is 1. The smallest absolute Gasteiger partial charge is 0.306 e. The average molecular weight is 799 g/mol. The highest BCUT2D eigenvalue weighted by Crippen LogP contribution is 2.15. The van der Waals surface area contributed by atoms with E-state index in [1.165, 1.54) is 167 Å². The van der Waals surface area contributed by atoms with Gasteiger partial charge in [0.05, 0.1) is 6.61 Å². The Balaban J connectivity index is 3.48. The van der Waals surface area contributed by atoms with Gasteiger partial charge < -0.3 is 14.6 Å². The summed E-state index contributed by atoms with van der Waals surface area (Å²) < 4.78 is 10.6. The minimum Gasteiger partial charge on any atom is -0.462 e. The molecule has 0 saturated heterocycles. The lowest BCUT2D eigenvalue weighted by Crippen LogP contribution is -2.28. The van der Waals surface area contributed by atoms with Crippen LogP contribution in [0, 0.1) is 0 Å². The first-order valence-corrected chi connectivity index (χ1v) is 24.7. The van der Waals surface area contributed by atoms with E-state index in [1.807, 2.05) is 0 Å². The summed E-state index contributed by atoms with van der Waals surface area (Å²) in [5.41, 5.74) is 0. The molecule has 0 fully saturated rings. The van der Waals surface area contributed by atoms with Crippen LogP contribution in [0.1, 0.15) is 251 Å². The number of unbranched alkanes of at least 4 members (excludes halogenated alkanes) is 29. The molecular weight excluding hydrogens is 705 g/mol. The van der Waals surface area contributed by atoms with Crippen molar-refractivity contribution in [1.82, 2.24) is 0 Å². The first-order valence-electron chi connectivity index (χ1n) is 24.7. The molecule has 1 atom stereocenters. The zero-order valence-electron chi connectivity index (χ0n) is 37.9. The number of hydrogen-bond acceptors (Lipinski definition) is 5. The molecule has 0 aromatic heterocycles. The molecular formula is C52H94O5. The molecule has 0 aliphatic rings. The van der Waals surface area contributed by atoms with Crippen LogP contribution < -0.4 is 0 Å². The second-order valence-electron chi connectivity index (χ2n) is 16.5. The molecule has 57 heavy (non-hydrogen) atoms. The molecule has 0 saturated carbocycles. The van der Waals surface area contributed by atoms with Gasteiger partial charge in [0.1, 0.15) is 6.61 Å². The third-order valence-corrected chi connectivity index (χ3v) is 10.8. The first kappa shape index (κ1) is 54.9. The van der Waals surface area contributed by atoms with E-state index in [9.17, 15) is 14.7 Å². The van der Waals surface area contributed by atoms with Crippen LogP contribution in [0.25, 0.3) is 0 Å². The number of rotatable bonds is 45. The quantitative estimate of drug-likeness (QED) is 0.0377. The Labute approximate surface area is 354 Å². The number of carbonyl (C=O) groups excluding carboxylic acids is 2. The van der Waals surface area contributed by atoms with Crippen molar-refractivity contribution in [3.05, 3.63) is 48.6 Å². The van der Waals surface area contributed by atoms with Crippen LogP contribution in [-0.4, -0.2) is 36.4 Å². The number of ether oxygens (including phenoxy) is 2. The summed E-state index contributed by atoms with van der Waals surface area (Å²) in [7, 11) is 0. The summed E-state index contributed by atoms with van der Waals surface area (Å²) in [6.07, 6.45) is 62.0. The van der Waals surface area contributed by atoms with Crippen molar-refractivity contribution < 1.29 is 24.2 Å². The maximum atomic E-state index is 12.2. The van der Waals surface area contributed by atoms with Crippen LogP contribution in [0.15, 0.2) is 48.6 Å². The van der Waals surface area contributed by atoms with Crippen molar-refractivity contribution in [3.63, 3.8) is 0 Å². The summed E-state index contributed by atoms with van der Waals surface area (Å²) in [4.78, 5) is 24.4. The standard InChI is InChI=1S/C52H94O5/c1-3-5-7-9-11-13-15-17-19-20-21-22-23-24-25-26-27-28-29-30-31-32-33-35-37-39-41-43-45-47-52(55)57-50(48-53)49-56-51(54)46-44-42-40-38-36-34-18-16-14-12-10-8-6-4-2/h15-18,20-21,23-24,50,53H,3-14,19,22,25-49H2,1-2H3/b17-15-,18-16-,21-20-,24-23-. The molecule has 0 bridgehead atoms. The SMILES string of the molecule is CCCCCCC/C=C\C/C=C\C/C=C\CCCCCCCCCCCCCCCCC(=O)OC(CO)COC(=O)CCCCCCC/C=C\CCCCCCC. The highest BCUT2D eigenvalue weighted by atomic mass is 16.6. The molecule has 1 unspecified atom stereocenters. The van der Waals surface area contributed by atoms with E-state index in [1.54, 1.807) is 0 Å². The fourth-order valence-corrected chi connectivity index (χ4v) is 7.09. The van der Waals surface area contributed by atoms with E-state index in [2.05, 4.69) is 62.5 Å². The van der Waals surface area contributed by atoms with E-state index in [4.69, 9.17) is 9.47 Å². The van der Waals surface area contributed by atoms with Crippen molar-refractivity contribution in [2.45, 2.75) is 258 Å². The molecule has 1 N–H and O–H groups in total. The molecule has 0 heterocycles. The number of aliphatic hydroxyl groups excluding tert-OH is 1. The summed E-state index contributed by atoms with van der Waals surface area (Å²) >= 11 is 0. The van der Waals surface area contributed by atoms with Crippen molar-refractivity contribution >= 4 is 11.9 Å². The van der Waals surface area contributed by atoms with E-state index in [0.717, 1.165) is 57.8 Å². The minimum absolute atomic E-state index is 0.0690. The van der Waals surface area contributed by atoms with Crippen LogP contribution in [0.4, 0.5) is 0 Å². The Morgan fingerprint density at radius 1 is 0.404 bits per heavy atom. The Bertz CT molecular complexity index is 950. The molecule has 0 aliphatic heterocycles. The third kappa shape index (κ3) is 46.4. The van der Waals surface area contributed by atoms with Crippen LogP contribution in [-0.2, 0) is 19.1 Å². The van der Waals surface area contributed by atoms with E-state index in [0.29, 0.717) is 12.8 Å². The fourth-order valence-electron chi connectivity index (χ4n) is 7.09. The highest BCUT2D eigenvalue weighted by Gasteiger charge is 2.16. The van der Waals surface area contributed by atoms with Crippen molar-refractivity contribution in [1.29, 1.82) is 0 Å². The van der Waals surface area contributed by atoms with Gasteiger partial charge in [0.15, 0.2) is 6.10 Å². The maximum Gasteiger partial charge on any atom is 0.306 e. The van der Waals surface area contributed by atoms with Gasteiger partial charge in [-0.2, -0.15) is 0 Å². The van der Waals surface area contributed by atoms with Gasteiger partial charge >= 0.3 is 11.9 Å². The minimum atomic E-state index is -0.775. The van der Waals surface area contributed by atoms with Gasteiger partial charge in [0.2, 0.25) is 0 Å². The summed E-state index contributed by atoms with van der Waals surface area (Å²) in [5.74, 6) is -0.595. The number of allylic oxidation sites excluding steroid dienone is 8. The topological polar surface area (TPSA) is 72.8 Å². The molecule has 5 heteroatoms. The van der Waals surface area contributed by atoms with Crippen LogP contribution in [0.3, 0.4) is 0 Å². The van der Waals surface area contributed by atoms with Crippen molar-refractivity contribution in [2.24, 2.45) is 0 Å². The molecule has 0 aromatic rings. The molecule has 0 radical (unpaired) electrons. The van der Waals surface area contributed by atoms with Gasteiger partial charge in [-0.3, -0.25) is 9.59 Å². The van der Waals surface area contributed by atoms with Gasteiger partial charge in [-0.25, -0.2) is 0 Å². The van der Waals surface area contributed by atoms with Gasteiger partial charge in [-0.05, 0) is 77.0 Å². The van der Waals surface area contributed by atoms with E-state index in [-0.39, 0.29) is 25.2 Å². The van der Waals surface area contributed by atoms with Gasteiger partial charge in [0.25, 0.3) is 0 Å². The lowest BCUT2D eigenvalue weighted by atomic mass is 10.0. The molecule has 0 amide bonds. The first-order chi connectivity index (χ1) is 28.1. The number of esters is 2. The summed E-state index contributed by atoms with van der Waals surface area (Å²) in [6.45, 7) is 4.12. The van der Waals surface area contributed by atoms with Crippen LogP contribution in [0.2, 0.25) is 0 Å². The fraction of sp³-hybridized carbons (Fsp3) is 0.808. The van der Waals surface area contributed by atoms with Crippen LogP contribution in [0.5, 0.6) is 0 Å². The molecule has 5 nitrogen and oxygen atoms in total. The predicted octanol–water partition coefficient (Wildman–Crippen LogP) is 16.1. The summed E-state index contributed by atoms with van der Waals surface area (Å²) in [6, 6.07) is 0. The number of aliphatic hydroxyl groups is 1. The van der Waals surface area contributed by atoms with E-state index < -0.39 is 6.10 Å². The molecule has 0 spiro atoms. The average Bonchev–Trinajstić information content (AvgIpc) is 3.21. The Morgan fingerprint density at radius 3 is 1.07 bits per heavy atom. The van der Waals surface area contributed by atoms with Crippen molar-refractivity contribution in [2.75, 3.05) is 13.2 Å². The third-order valence-electron chi connectivity index (χ3n) is 10.8. The Hall–Kier alpha value is -2.14. The maximum absolute atomic E-state index is 12.2. The van der Waals surface area contributed by atoms with Crippen molar-refractivity contribution in [3.8, 4) is 0 Å². The largest absolute Gasteiger partial charge is 0.462 e. The normalized spacial score (nSPS) is 12.5. The van der Waals surface area contributed by atoms with Gasteiger partial charge in [0, 0.05) is 12.8 Å². The lowest BCUT2D eigenvalue weighted by molar-refractivity contribution is -0.161. The van der Waals surface area contributed by atoms with Crippen LogP contribution >= 0.6 is 0 Å². The molecule has 332 valence electrons. The monoisotopic (exact) mass is 799 g/mol. The number of carbonyl (C=O) groups is 2. The molecule has 0 rings (SSSR count). The Kier molecular flexibility index (Phi) is 46.4. The Morgan fingerprint density at radius 2 is 0.702 bits per heavy atom. The highest BCUT2D eigenvalue weighted by molar-refractivity contribution is 5.70. The van der Waals surface area contributed by atoms with Gasteiger partial charge in [-0.15, -0.1) is 0 Å². The zero-order valence-corrected chi connectivity index (χ0v) is 37.9. The van der Waals surface area contributed by atoms with Gasteiger partial charge in [-0.1, -0.05) is 210 Å². The molecule has 0 aromatic carbocycles. The summed E-state index contributed by atoms with van der Waals surface area (Å²) in [5, 5.41) is 9.60. The van der Waals surface area contributed by atoms with E-state index >= 15 is 0 Å². The lowest BCUT2D eigenvalue weighted by Gasteiger charge is -2.15. The zero-order chi connectivity index (χ0) is 41.4. The second-order valence-corrected chi connectivity index (χ2v) is 16.5.